The number of thioether (sulfide) groups is 1. The summed E-state index contributed by atoms with van der Waals surface area (Å²) in [4.78, 5) is 24.3. The molecular formula is C14H12FNO4S2. The molecule has 0 aliphatic carbocycles. The third-order valence-corrected chi connectivity index (χ3v) is 4.33. The molecule has 116 valence electrons. The van der Waals surface area contributed by atoms with Gasteiger partial charge in [-0.2, -0.15) is 0 Å². The molecule has 0 atom stereocenters. The van der Waals surface area contributed by atoms with Gasteiger partial charge in [0.1, 0.15) is 4.32 Å². The van der Waals surface area contributed by atoms with Crippen LogP contribution in [0.25, 0.3) is 6.08 Å². The van der Waals surface area contributed by atoms with E-state index in [9.17, 15) is 19.1 Å². The highest BCUT2D eigenvalue weighted by Gasteiger charge is 2.31. The fourth-order valence-corrected chi connectivity index (χ4v) is 3.17. The van der Waals surface area contributed by atoms with Gasteiger partial charge in [-0.05, 0) is 18.6 Å². The van der Waals surface area contributed by atoms with Crippen LogP contribution in [0.5, 0.6) is 5.75 Å². The third kappa shape index (κ3) is 3.63. The molecule has 0 aromatic heterocycles. The fraction of sp³-hybridized carbons (Fsp3) is 0.214. The van der Waals surface area contributed by atoms with Crippen molar-refractivity contribution in [3.05, 3.63) is 34.5 Å². The lowest BCUT2D eigenvalue weighted by atomic mass is 10.1. The van der Waals surface area contributed by atoms with Gasteiger partial charge in [-0.15, -0.1) is 0 Å². The van der Waals surface area contributed by atoms with Crippen molar-refractivity contribution in [3.8, 4) is 5.75 Å². The minimum Gasteiger partial charge on any atom is -0.504 e. The molecule has 1 aliphatic rings. The smallest absolute Gasteiger partial charge is 0.303 e. The Balaban J connectivity index is 2.15. The number of carboxylic acids is 1. The van der Waals surface area contributed by atoms with Crippen molar-refractivity contribution in [2.24, 2.45) is 0 Å². The number of hydrogen-bond acceptors (Lipinski definition) is 5. The first-order valence-electron chi connectivity index (χ1n) is 6.35. The number of thiocarbonyl (C=S) groups is 1. The van der Waals surface area contributed by atoms with E-state index in [-0.39, 0.29) is 29.3 Å². The van der Waals surface area contributed by atoms with Gasteiger partial charge in [0, 0.05) is 18.5 Å². The second-order valence-electron chi connectivity index (χ2n) is 4.51. The SMILES string of the molecule is O=C(O)CCCN1C(=O)C(=Cc2cccc(F)c2O)SC1=S. The van der Waals surface area contributed by atoms with Gasteiger partial charge in [0.15, 0.2) is 11.6 Å². The highest BCUT2D eigenvalue weighted by Crippen LogP contribution is 2.34. The normalized spacial score (nSPS) is 16.6. The number of carbonyl (C=O) groups excluding carboxylic acids is 1. The maximum atomic E-state index is 13.3. The van der Waals surface area contributed by atoms with Gasteiger partial charge in [-0.3, -0.25) is 14.5 Å². The molecule has 1 heterocycles. The Hall–Kier alpha value is -1.93. The van der Waals surface area contributed by atoms with Gasteiger partial charge in [0.2, 0.25) is 0 Å². The second-order valence-corrected chi connectivity index (χ2v) is 6.18. The van der Waals surface area contributed by atoms with Gasteiger partial charge >= 0.3 is 5.97 Å². The first-order chi connectivity index (χ1) is 10.4. The molecule has 1 amide bonds. The van der Waals surface area contributed by atoms with Gasteiger partial charge in [-0.25, -0.2) is 4.39 Å². The first-order valence-corrected chi connectivity index (χ1v) is 7.57. The average molecular weight is 341 g/mol. The quantitative estimate of drug-likeness (QED) is 0.633. The highest BCUT2D eigenvalue weighted by molar-refractivity contribution is 8.26. The molecular weight excluding hydrogens is 329 g/mol. The van der Waals surface area contributed by atoms with Crippen LogP contribution in [0.4, 0.5) is 4.39 Å². The van der Waals surface area contributed by atoms with Crippen LogP contribution in [0.1, 0.15) is 18.4 Å². The molecule has 0 radical (unpaired) electrons. The maximum Gasteiger partial charge on any atom is 0.303 e. The van der Waals surface area contributed by atoms with Crippen LogP contribution in [0.15, 0.2) is 23.1 Å². The van der Waals surface area contributed by atoms with E-state index in [4.69, 9.17) is 17.3 Å². The monoisotopic (exact) mass is 341 g/mol. The van der Waals surface area contributed by atoms with Crippen molar-refractivity contribution in [3.63, 3.8) is 0 Å². The van der Waals surface area contributed by atoms with Crippen LogP contribution >= 0.6 is 24.0 Å². The third-order valence-electron chi connectivity index (χ3n) is 2.95. The molecule has 1 aromatic carbocycles. The number of phenols is 1. The van der Waals surface area contributed by atoms with Crippen LogP contribution in [-0.2, 0) is 9.59 Å². The number of hydrogen-bond donors (Lipinski definition) is 2. The molecule has 1 fully saturated rings. The Morgan fingerprint density at radius 2 is 2.18 bits per heavy atom. The number of carbonyl (C=O) groups is 2. The number of para-hydroxylation sites is 1. The Morgan fingerprint density at radius 3 is 2.86 bits per heavy atom. The Labute approximate surface area is 135 Å². The van der Waals surface area contributed by atoms with Crippen molar-refractivity contribution in [1.82, 2.24) is 4.90 Å². The van der Waals surface area contributed by atoms with Crippen LogP contribution in [-0.4, -0.2) is 37.9 Å². The Bertz CT molecular complexity index is 675. The van der Waals surface area contributed by atoms with E-state index in [1.807, 2.05) is 0 Å². The molecule has 0 bridgehead atoms. The van der Waals surface area contributed by atoms with Crippen LogP contribution in [0.2, 0.25) is 0 Å². The number of benzene rings is 1. The van der Waals surface area contributed by atoms with Crippen molar-refractivity contribution in [1.29, 1.82) is 0 Å². The number of amides is 1. The second kappa shape index (κ2) is 6.89. The molecule has 22 heavy (non-hydrogen) atoms. The van der Waals surface area contributed by atoms with Crippen molar-refractivity contribution >= 4 is 46.3 Å². The zero-order valence-electron chi connectivity index (χ0n) is 11.3. The minimum absolute atomic E-state index is 0.0548. The molecule has 1 aromatic rings. The van der Waals surface area contributed by atoms with Crippen molar-refractivity contribution < 1.29 is 24.2 Å². The molecule has 1 aliphatic heterocycles. The molecule has 2 N–H and O–H groups in total. The van der Waals surface area contributed by atoms with Crippen LogP contribution < -0.4 is 0 Å². The topological polar surface area (TPSA) is 77.8 Å². The lowest BCUT2D eigenvalue weighted by Gasteiger charge is -2.13. The van der Waals surface area contributed by atoms with Gasteiger partial charge in [0.25, 0.3) is 5.91 Å². The lowest BCUT2D eigenvalue weighted by molar-refractivity contribution is -0.137. The van der Waals surface area contributed by atoms with Crippen LogP contribution in [0, 0.1) is 5.82 Å². The van der Waals surface area contributed by atoms with Crippen molar-refractivity contribution in [2.45, 2.75) is 12.8 Å². The summed E-state index contributed by atoms with van der Waals surface area (Å²) in [6, 6.07) is 4.02. The van der Waals surface area contributed by atoms with E-state index in [2.05, 4.69) is 0 Å². The summed E-state index contributed by atoms with van der Waals surface area (Å²) >= 11 is 6.13. The van der Waals surface area contributed by atoms with E-state index in [1.54, 1.807) is 0 Å². The summed E-state index contributed by atoms with van der Waals surface area (Å²) < 4.78 is 13.6. The predicted octanol–water partition coefficient (Wildman–Crippen LogP) is 2.60. The number of halogens is 1. The number of aliphatic carboxylic acids is 1. The zero-order chi connectivity index (χ0) is 16.3. The fourth-order valence-electron chi connectivity index (χ4n) is 1.87. The molecule has 0 unspecified atom stereocenters. The summed E-state index contributed by atoms with van der Waals surface area (Å²) in [6.45, 7) is 0.212. The van der Waals surface area contributed by atoms with E-state index in [0.717, 1.165) is 17.8 Å². The number of aromatic hydroxyl groups is 1. The van der Waals surface area contributed by atoms with Gasteiger partial charge < -0.3 is 10.2 Å². The number of nitrogens with zero attached hydrogens (tertiary/aromatic N) is 1. The van der Waals surface area contributed by atoms with Gasteiger partial charge in [-0.1, -0.05) is 36.1 Å². The highest BCUT2D eigenvalue weighted by atomic mass is 32.2. The van der Waals surface area contributed by atoms with E-state index < -0.39 is 17.5 Å². The first kappa shape index (κ1) is 16.4. The minimum atomic E-state index is -0.939. The Kier molecular flexibility index (Phi) is 5.15. The summed E-state index contributed by atoms with van der Waals surface area (Å²) in [5.41, 5.74) is 0.186. The number of phenolic OH excluding ortho intramolecular Hbond substituents is 1. The number of rotatable bonds is 5. The molecule has 5 nitrogen and oxygen atoms in total. The van der Waals surface area contributed by atoms with E-state index >= 15 is 0 Å². The molecule has 0 saturated carbocycles. The van der Waals surface area contributed by atoms with E-state index in [1.165, 1.54) is 23.1 Å². The van der Waals surface area contributed by atoms with Crippen LogP contribution in [0.3, 0.4) is 0 Å². The predicted molar refractivity (Wildman–Crippen MR) is 84.8 cm³/mol. The summed E-state index contributed by atoms with van der Waals surface area (Å²) in [6.07, 6.45) is 1.61. The standard InChI is InChI=1S/C14H12FNO4S2/c15-9-4-1-3-8(12(9)19)7-10-13(20)16(14(21)22-10)6-2-5-11(17)18/h1,3-4,7,19H,2,5-6H2,(H,17,18). The Morgan fingerprint density at radius 1 is 1.45 bits per heavy atom. The number of carboxylic acid groups (broad SMARTS) is 1. The molecule has 2 rings (SSSR count). The average Bonchev–Trinajstić information content (AvgIpc) is 2.71. The molecule has 0 spiro atoms. The lowest BCUT2D eigenvalue weighted by Crippen LogP contribution is -2.29. The molecule has 8 heteroatoms. The van der Waals surface area contributed by atoms with Gasteiger partial charge in [0.05, 0.1) is 4.91 Å². The molecule has 1 saturated heterocycles. The van der Waals surface area contributed by atoms with Crippen molar-refractivity contribution in [2.75, 3.05) is 6.54 Å². The summed E-state index contributed by atoms with van der Waals surface area (Å²) in [5.74, 6) is -2.61. The summed E-state index contributed by atoms with van der Waals surface area (Å²) in [7, 11) is 0. The largest absolute Gasteiger partial charge is 0.504 e. The van der Waals surface area contributed by atoms with E-state index in [0.29, 0.717) is 10.7 Å². The summed E-state index contributed by atoms with van der Waals surface area (Å²) in [5, 5.41) is 18.2. The maximum absolute atomic E-state index is 13.3. The zero-order valence-corrected chi connectivity index (χ0v) is 12.9.